The van der Waals surface area contributed by atoms with E-state index in [0.717, 1.165) is 23.0 Å². The normalized spacial score (nSPS) is 16.5. The number of pyridine rings is 1. The van der Waals surface area contributed by atoms with E-state index in [1.807, 2.05) is 13.1 Å². The number of hydrogen-bond donors (Lipinski definition) is 1. The molecule has 0 radical (unpaired) electrons. The summed E-state index contributed by atoms with van der Waals surface area (Å²) in [6.45, 7) is 0.794. The highest BCUT2D eigenvalue weighted by atomic mass is 35.5. The second kappa shape index (κ2) is 5.35. The van der Waals surface area contributed by atoms with Crippen molar-refractivity contribution in [3.8, 4) is 0 Å². The highest BCUT2D eigenvalue weighted by Gasteiger charge is 2.31. The van der Waals surface area contributed by atoms with Crippen LogP contribution in [-0.2, 0) is 6.54 Å². The molecule has 1 atom stereocenters. The van der Waals surface area contributed by atoms with Gasteiger partial charge in [0.05, 0.1) is 5.02 Å². The minimum absolute atomic E-state index is 0.495. The quantitative estimate of drug-likeness (QED) is 0.908. The summed E-state index contributed by atoms with van der Waals surface area (Å²) in [6, 6.07) is 4.67. The summed E-state index contributed by atoms with van der Waals surface area (Å²) >= 11 is 6.14. The summed E-state index contributed by atoms with van der Waals surface area (Å²) in [5.41, 5.74) is 2.47. The van der Waals surface area contributed by atoms with E-state index in [-0.39, 0.29) is 0 Å². The maximum absolute atomic E-state index is 6.14. The van der Waals surface area contributed by atoms with Gasteiger partial charge in [0.1, 0.15) is 0 Å². The van der Waals surface area contributed by atoms with Gasteiger partial charge in [-0.25, -0.2) is 0 Å². The zero-order chi connectivity index (χ0) is 13.2. The third-order valence-electron chi connectivity index (χ3n) is 3.75. The summed E-state index contributed by atoms with van der Waals surface area (Å²) in [4.78, 5) is 4.01. The van der Waals surface area contributed by atoms with Gasteiger partial charge in [0.2, 0.25) is 0 Å². The molecule has 1 N–H and O–H groups in total. The van der Waals surface area contributed by atoms with Crippen molar-refractivity contribution in [3.05, 3.63) is 53.1 Å². The molecule has 0 aliphatic heterocycles. The molecule has 1 unspecified atom stereocenters. The molecule has 1 fully saturated rings. The van der Waals surface area contributed by atoms with Crippen LogP contribution in [0.15, 0.2) is 36.9 Å². The van der Waals surface area contributed by atoms with E-state index in [9.17, 15) is 0 Å². The van der Waals surface area contributed by atoms with E-state index in [1.165, 1.54) is 18.4 Å². The van der Waals surface area contributed by atoms with Crippen molar-refractivity contribution in [1.82, 2.24) is 14.9 Å². The molecule has 19 heavy (non-hydrogen) atoms. The Bertz CT molecular complexity index is 560. The first kappa shape index (κ1) is 12.7. The molecule has 1 aliphatic carbocycles. The molecular formula is C15H18ClN3. The van der Waals surface area contributed by atoms with Crippen LogP contribution in [0.5, 0.6) is 0 Å². The fourth-order valence-corrected chi connectivity index (χ4v) is 2.75. The zero-order valence-electron chi connectivity index (χ0n) is 11.0. The van der Waals surface area contributed by atoms with Crippen molar-refractivity contribution in [2.75, 3.05) is 7.05 Å². The van der Waals surface area contributed by atoms with Crippen molar-refractivity contribution in [2.45, 2.75) is 25.4 Å². The van der Waals surface area contributed by atoms with Gasteiger partial charge in [-0.3, -0.25) is 4.98 Å². The standard InChI is InChI=1S/C15H18ClN3/c1-17-15(11-2-3-11)13-5-7-19(10-13)9-12-4-6-18-8-14(12)16/h4-8,10-11,15,17H,2-3,9H2,1H3. The molecule has 4 heteroatoms. The summed E-state index contributed by atoms with van der Waals surface area (Å²) in [5, 5.41) is 4.15. The number of rotatable bonds is 5. The van der Waals surface area contributed by atoms with E-state index >= 15 is 0 Å². The van der Waals surface area contributed by atoms with Crippen molar-refractivity contribution in [1.29, 1.82) is 0 Å². The van der Waals surface area contributed by atoms with E-state index in [0.29, 0.717) is 6.04 Å². The lowest BCUT2D eigenvalue weighted by Gasteiger charge is -2.13. The Labute approximate surface area is 118 Å². The van der Waals surface area contributed by atoms with Gasteiger partial charge in [0.15, 0.2) is 0 Å². The zero-order valence-corrected chi connectivity index (χ0v) is 11.8. The van der Waals surface area contributed by atoms with Gasteiger partial charge < -0.3 is 9.88 Å². The molecule has 0 spiro atoms. The van der Waals surface area contributed by atoms with Crippen LogP contribution in [0.3, 0.4) is 0 Å². The molecule has 100 valence electrons. The molecule has 0 aromatic carbocycles. The largest absolute Gasteiger partial charge is 0.350 e. The summed E-state index contributed by atoms with van der Waals surface area (Å²) in [5.74, 6) is 0.811. The Morgan fingerprint density at radius 1 is 1.47 bits per heavy atom. The molecule has 1 aliphatic rings. The van der Waals surface area contributed by atoms with E-state index in [2.05, 4.69) is 33.3 Å². The molecule has 2 aromatic rings. The van der Waals surface area contributed by atoms with Crippen LogP contribution >= 0.6 is 11.6 Å². The maximum Gasteiger partial charge on any atom is 0.0639 e. The fraction of sp³-hybridized carbons (Fsp3) is 0.400. The molecule has 3 nitrogen and oxygen atoms in total. The van der Waals surface area contributed by atoms with Crippen LogP contribution in [0.25, 0.3) is 0 Å². The van der Waals surface area contributed by atoms with Crippen molar-refractivity contribution in [3.63, 3.8) is 0 Å². The van der Waals surface area contributed by atoms with Crippen LogP contribution < -0.4 is 5.32 Å². The number of hydrogen-bond acceptors (Lipinski definition) is 2. The molecule has 1 saturated carbocycles. The van der Waals surface area contributed by atoms with E-state index in [1.54, 1.807) is 12.4 Å². The maximum atomic E-state index is 6.14. The van der Waals surface area contributed by atoms with E-state index < -0.39 is 0 Å². The lowest BCUT2D eigenvalue weighted by molar-refractivity contribution is 0.528. The first-order valence-electron chi connectivity index (χ1n) is 6.69. The summed E-state index contributed by atoms with van der Waals surface area (Å²) < 4.78 is 2.18. The first-order valence-corrected chi connectivity index (χ1v) is 7.07. The monoisotopic (exact) mass is 275 g/mol. The molecule has 0 amide bonds. The summed E-state index contributed by atoms with van der Waals surface area (Å²) in [6.07, 6.45) is 10.5. The average Bonchev–Trinajstić information content (AvgIpc) is 3.14. The number of nitrogens with zero attached hydrogens (tertiary/aromatic N) is 2. The van der Waals surface area contributed by atoms with Crippen LogP contribution in [0.4, 0.5) is 0 Å². The molecular weight excluding hydrogens is 258 g/mol. The van der Waals surface area contributed by atoms with Gasteiger partial charge in [0.25, 0.3) is 0 Å². The van der Waals surface area contributed by atoms with Crippen LogP contribution in [0.2, 0.25) is 5.02 Å². The number of aromatic nitrogens is 2. The van der Waals surface area contributed by atoms with Gasteiger partial charge in [-0.1, -0.05) is 11.6 Å². The minimum Gasteiger partial charge on any atom is -0.350 e. The Hall–Kier alpha value is -1.32. The van der Waals surface area contributed by atoms with Crippen molar-refractivity contribution < 1.29 is 0 Å². The Morgan fingerprint density at radius 3 is 3.00 bits per heavy atom. The lowest BCUT2D eigenvalue weighted by Crippen LogP contribution is -2.17. The smallest absolute Gasteiger partial charge is 0.0639 e. The molecule has 0 saturated heterocycles. The fourth-order valence-electron chi connectivity index (χ4n) is 2.57. The second-order valence-corrected chi connectivity index (χ2v) is 5.60. The first-order chi connectivity index (χ1) is 9.28. The van der Waals surface area contributed by atoms with Crippen molar-refractivity contribution >= 4 is 11.6 Å². The lowest BCUT2D eigenvalue weighted by atomic mass is 10.1. The van der Waals surface area contributed by atoms with Gasteiger partial charge in [0, 0.05) is 37.4 Å². The van der Waals surface area contributed by atoms with Crippen LogP contribution in [0.1, 0.15) is 30.0 Å². The number of nitrogens with one attached hydrogen (secondary N) is 1. The van der Waals surface area contributed by atoms with Gasteiger partial charge >= 0.3 is 0 Å². The topological polar surface area (TPSA) is 29.9 Å². The molecule has 0 bridgehead atoms. The van der Waals surface area contributed by atoms with Crippen LogP contribution in [0, 0.1) is 5.92 Å². The van der Waals surface area contributed by atoms with Gasteiger partial charge in [-0.05, 0) is 49.1 Å². The average molecular weight is 276 g/mol. The van der Waals surface area contributed by atoms with Crippen LogP contribution in [-0.4, -0.2) is 16.6 Å². The second-order valence-electron chi connectivity index (χ2n) is 5.19. The predicted octanol–water partition coefficient (Wildman–Crippen LogP) is 3.26. The van der Waals surface area contributed by atoms with Gasteiger partial charge in [-0.15, -0.1) is 0 Å². The van der Waals surface area contributed by atoms with Crippen molar-refractivity contribution in [2.24, 2.45) is 5.92 Å². The predicted molar refractivity (Wildman–Crippen MR) is 77.3 cm³/mol. The van der Waals surface area contributed by atoms with E-state index in [4.69, 9.17) is 11.6 Å². The Kier molecular flexibility index (Phi) is 3.58. The molecule has 2 heterocycles. The highest BCUT2D eigenvalue weighted by Crippen LogP contribution is 2.40. The highest BCUT2D eigenvalue weighted by molar-refractivity contribution is 6.31. The summed E-state index contributed by atoms with van der Waals surface area (Å²) in [7, 11) is 2.04. The molecule has 2 aromatic heterocycles. The Balaban J connectivity index is 1.76. The third kappa shape index (κ3) is 2.82. The van der Waals surface area contributed by atoms with Gasteiger partial charge in [-0.2, -0.15) is 0 Å². The molecule has 3 rings (SSSR count). The minimum atomic E-state index is 0.495. The third-order valence-corrected chi connectivity index (χ3v) is 4.09. The number of halogens is 1. The Morgan fingerprint density at radius 2 is 2.32 bits per heavy atom. The SMILES string of the molecule is CNC(c1ccn(Cc2ccncc2Cl)c1)C1CC1.